The molecule has 1 saturated heterocycles. The summed E-state index contributed by atoms with van der Waals surface area (Å²) < 4.78 is 34.9. The van der Waals surface area contributed by atoms with Crippen LogP contribution in [0.15, 0.2) is 36.7 Å². The smallest absolute Gasteiger partial charge is 0.398 e. The molecule has 0 bridgehead atoms. The number of aromatic nitrogens is 2. The third-order valence-electron chi connectivity index (χ3n) is 4.37. The van der Waals surface area contributed by atoms with Crippen molar-refractivity contribution in [2.45, 2.75) is 45.7 Å². The molecule has 1 aliphatic heterocycles. The van der Waals surface area contributed by atoms with Crippen molar-refractivity contribution in [3.05, 3.63) is 42.2 Å². The Morgan fingerprint density at radius 1 is 1.00 bits per heavy atom. The number of hydrogen-bond acceptors (Lipinski definition) is 4. The van der Waals surface area contributed by atoms with Gasteiger partial charge in [0, 0.05) is 15.9 Å². The average Bonchev–Trinajstić information content (AvgIpc) is 2.75. The first-order chi connectivity index (χ1) is 11.5. The van der Waals surface area contributed by atoms with Crippen LogP contribution in [0.2, 0.25) is 0 Å². The molecule has 3 rings (SSSR count). The van der Waals surface area contributed by atoms with Crippen LogP contribution in [0.4, 0.5) is 0 Å². The van der Waals surface area contributed by atoms with Gasteiger partial charge in [-0.15, -0.1) is 0 Å². The summed E-state index contributed by atoms with van der Waals surface area (Å²) in [5.41, 5.74) is 0.974. The van der Waals surface area contributed by atoms with Gasteiger partial charge in [-0.2, -0.15) is 0 Å². The standard InChI is InChI=1S/C17H21BN2O2/c1-12-8-6-7-9-13(12)14-10-20-15(11-19-14)18-21-16(2,3)17(4,5)22-18/h6-11H,1-5H3/i1D3. The molecule has 0 unspecified atom stereocenters. The summed E-state index contributed by atoms with van der Waals surface area (Å²) in [6, 6.07) is 6.82. The van der Waals surface area contributed by atoms with Crippen LogP contribution in [-0.2, 0) is 9.31 Å². The van der Waals surface area contributed by atoms with E-state index >= 15 is 0 Å². The third-order valence-corrected chi connectivity index (χ3v) is 4.37. The first-order valence-electron chi connectivity index (χ1n) is 8.79. The minimum atomic E-state index is -2.21. The van der Waals surface area contributed by atoms with Crippen LogP contribution >= 0.6 is 0 Å². The second-order valence-electron chi connectivity index (χ2n) is 6.46. The molecule has 0 amide bonds. The van der Waals surface area contributed by atoms with Gasteiger partial charge in [-0.05, 0) is 40.1 Å². The van der Waals surface area contributed by atoms with E-state index in [4.69, 9.17) is 13.4 Å². The molecule has 1 aromatic carbocycles. The first-order valence-corrected chi connectivity index (χ1v) is 7.29. The van der Waals surface area contributed by atoms with E-state index in [-0.39, 0.29) is 5.56 Å². The zero-order valence-corrected chi connectivity index (χ0v) is 13.3. The number of rotatable bonds is 2. The molecule has 1 aromatic heterocycles. The van der Waals surface area contributed by atoms with E-state index in [2.05, 4.69) is 9.97 Å². The Hall–Kier alpha value is -1.72. The van der Waals surface area contributed by atoms with E-state index in [1.165, 1.54) is 0 Å². The van der Waals surface area contributed by atoms with Gasteiger partial charge in [-0.3, -0.25) is 9.97 Å². The second kappa shape index (κ2) is 5.18. The first kappa shape index (κ1) is 11.8. The molecule has 0 atom stereocenters. The molecule has 2 heterocycles. The Bertz CT molecular complexity index is 760. The fourth-order valence-corrected chi connectivity index (χ4v) is 2.27. The molecule has 5 heteroatoms. The minimum absolute atomic E-state index is 0.257. The fourth-order valence-electron chi connectivity index (χ4n) is 2.27. The van der Waals surface area contributed by atoms with Gasteiger partial charge in [0.25, 0.3) is 0 Å². The van der Waals surface area contributed by atoms with Crippen LogP contribution < -0.4 is 5.59 Å². The van der Waals surface area contributed by atoms with E-state index in [0.717, 1.165) is 0 Å². The number of hydrogen-bond donors (Lipinski definition) is 0. The number of aryl methyl sites for hydroxylation is 1. The molecular weight excluding hydrogens is 275 g/mol. The summed E-state index contributed by atoms with van der Waals surface area (Å²) >= 11 is 0. The average molecular weight is 299 g/mol. The van der Waals surface area contributed by atoms with E-state index < -0.39 is 25.2 Å². The van der Waals surface area contributed by atoms with Gasteiger partial charge in [-0.1, -0.05) is 24.3 Å². The number of nitrogens with zero attached hydrogens (tertiary/aromatic N) is 2. The molecule has 0 spiro atoms. The highest BCUT2D eigenvalue weighted by Gasteiger charge is 2.52. The maximum atomic E-state index is 7.67. The molecule has 0 N–H and O–H groups in total. The summed E-state index contributed by atoms with van der Waals surface area (Å²) in [4.78, 5) is 8.79. The predicted molar refractivity (Wildman–Crippen MR) is 87.9 cm³/mol. The lowest BCUT2D eigenvalue weighted by atomic mass is 9.85. The summed E-state index contributed by atoms with van der Waals surface area (Å²) in [6.07, 6.45) is 3.14. The summed E-state index contributed by atoms with van der Waals surface area (Å²) in [6.45, 7) is 5.69. The van der Waals surface area contributed by atoms with Crippen molar-refractivity contribution < 1.29 is 13.4 Å². The van der Waals surface area contributed by atoms with Crippen molar-refractivity contribution in [3.63, 3.8) is 0 Å². The highest BCUT2D eigenvalue weighted by molar-refractivity contribution is 6.61. The van der Waals surface area contributed by atoms with Crippen LogP contribution in [0, 0.1) is 6.85 Å². The molecule has 22 heavy (non-hydrogen) atoms. The van der Waals surface area contributed by atoms with Crippen molar-refractivity contribution in [2.24, 2.45) is 0 Å². The zero-order valence-electron chi connectivity index (χ0n) is 16.3. The fraction of sp³-hybridized carbons (Fsp3) is 0.412. The van der Waals surface area contributed by atoms with Crippen LogP contribution in [0.1, 0.15) is 37.4 Å². The lowest BCUT2D eigenvalue weighted by Crippen LogP contribution is -2.41. The molecule has 0 aliphatic carbocycles. The lowest BCUT2D eigenvalue weighted by Gasteiger charge is -2.32. The van der Waals surface area contributed by atoms with Crippen molar-refractivity contribution in [1.82, 2.24) is 9.97 Å². The van der Waals surface area contributed by atoms with Crippen molar-refractivity contribution >= 4 is 12.7 Å². The SMILES string of the molecule is [2H]C([2H])([2H])c1ccccc1-c1cnc(B2OC(C)(C)C(C)(C)O2)cn1. The minimum Gasteiger partial charge on any atom is -0.398 e. The Balaban J connectivity index is 1.90. The molecule has 114 valence electrons. The van der Waals surface area contributed by atoms with Gasteiger partial charge in [0.15, 0.2) is 0 Å². The topological polar surface area (TPSA) is 44.2 Å². The number of benzene rings is 1. The van der Waals surface area contributed by atoms with Crippen LogP contribution in [0.25, 0.3) is 11.3 Å². The maximum absolute atomic E-state index is 7.67. The van der Waals surface area contributed by atoms with E-state index in [1.807, 2.05) is 27.7 Å². The van der Waals surface area contributed by atoms with Crippen molar-refractivity contribution in [3.8, 4) is 11.3 Å². The summed E-state index contributed by atoms with van der Waals surface area (Å²) in [5, 5.41) is 0. The molecular formula is C17H21BN2O2. The van der Waals surface area contributed by atoms with Crippen LogP contribution in [-0.4, -0.2) is 28.3 Å². The predicted octanol–water partition coefficient (Wildman–Crippen LogP) is 2.75. The van der Waals surface area contributed by atoms with Crippen molar-refractivity contribution in [2.75, 3.05) is 0 Å². The molecule has 0 saturated carbocycles. The Morgan fingerprint density at radius 2 is 1.68 bits per heavy atom. The summed E-state index contributed by atoms with van der Waals surface area (Å²) in [7, 11) is -0.593. The van der Waals surface area contributed by atoms with Gasteiger partial charge in [0.05, 0.1) is 28.7 Å². The van der Waals surface area contributed by atoms with E-state index in [9.17, 15) is 0 Å². The monoisotopic (exact) mass is 299 g/mol. The maximum Gasteiger partial charge on any atom is 0.516 e. The highest BCUT2D eigenvalue weighted by atomic mass is 16.7. The Labute approximate surface area is 136 Å². The Kier molecular flexibility index (Phi) is 2.78. The largest absolute Gasteiger partial charge is 0.516 e. The zero-order chi connectivity index (χ0) is 18.5. The van der Waals surface area contributed by atoms with Gasteiger partial charge < -0.3 is 9.31 Å². The quantitative estimate of drug-likeness (QED) is 0.800. The normalized spacial score (nSPS) is 22.0. The van der Waals surface area contributed by atoms with Gasteiger partial charge in [0.2, 0.25) is 0 Å². The second-order valence-corrected chi connectivity index (χ2v) is 6.46. The Morgan fingerprint density at radius 3 is 2.27 bits per heavy atom. The van der Waals surface area contributed by atoms with Crippen LogP contribution in [0.3, 0.4) is 0 Å². The third kappa shape index (κ3) is 2.55. The van der Waals surface area contributed by atoms with Gasteiger partial charge in [0.1, 0.15) is 0 Å². The summed E-state index contributed by atoms with van der Waals surface area (Å²) in [5.74, 6) is 0. The molecule has 1 aliphatic rings. The van der Waals surface area contributed by atoms with Gasteiger partial charge >= 0.3 is 7.12 Å². The van der Waals surface area contributed by atoms with Gasteiger partial charge in [-0.25, -0.2) is 0 Å². The molecule has 4 nitrogen and oxygen atoms in total. The lowest BCUT2D eigenvalue weighted by molar-refractivity contribution is 0.00578. The molecule has 2 aromatic rings. The highest BCUT2D eigenvalue weighted by Crippen LogP contribution is 2.36. The molecule has 1 fully saturated rings. The van der Waals surface area contributed by atoms with E-state index in [1.54, 1.807) is 36.7 Å². The molecule has 0 radical (unpaired) electrons. The van der Waals surface area contributed by atoms with Crippen molar-refractivity contribution in [1.29, 1.82) is 0 Å². The van der Waals surface area contributed by atoms with Crippen LogP contribution in [0.5, 0.6) is 0 Å². The van der Waals surface area contributed by atoms with E-state index in [0.29, 0.717) is 16.9 Å².